The molecule has 0 spiro atoms. The molecule has 0 aliphatic heterocycles. The van der Waals surface area contributed by atoms with Gasteiger partial charge in [-0.25, -0.2) is 0 Å². The summed E-state index contributed by atoms with van der Waals surface area (Å²) < 4.78 is 0.686. The zero-order chi connectivity index (χ0) is 11.3. The molecule has 4 heteroatoms. The lowest BCUT2D eigenvalue weighted by atomic mass is 10.2. The summed E-state index contributed by atoms with van der Waals surface area (Å²) in [5.74, 6) is 2.54. The molecule has 0 bridgehead atoms. The molecule has 1 rings (SSSR count). The molecule has 0 radical (unpaired) electrons. The van der Waals surface area contributed by atoms with E-state index in [2.05, 4.69) is 13.8 Å². The van der Waals surface area contributed by atoms with Crippen LogP contribution in [0.2, 0.25) is 4.34 Å². The Morgan fingerprint density at radius 1 is 1.53 bits per heavy atom. The van der Waals surface area contributed by atoms with Crippen LogP contribution in [0.25, 0.3) is 0 Å². The highest BCUT2D eigenvalue weighted by Gasteiger charge is 2.08. The van der Waals surface area contributed by atoms with Gasteiger partial charge in [-0.2, -0.15) is 11.8 Å². The van der Waals surface area contributed by atoms with Gasteiger partial charge in [-0.1, -0.05) is 25.4 Å². The van der Waals surface area contributed by atoms with Crippen LogP contribution in [0.3, 0.4) is 0 Å². The minimum atomic E-state index is 0.195. The lowest BCUT2D eigenvalue weighted by Gasteiger charge is -2.02. The summed E-state index contributed by atoms with van der Waals surface area (Å²) in [5.41, 5.74) is 0. The molecule has 1 aromatic heterocycles. The SMILES string of the molecule is CC(C)CCSCC(=O)c1ccc(Cl)s1. The Labute approximate surface area is 104 Å². The number of halogens is 1. The first-order valence-corrected chi connectivity index (χ1v) is 7.31. The van der Waals surface area contributed by atoms with E-state index in [0.29, 0.717) is 16.0 Å². The first kappa shape index (κ1) is 13.1. The maximum atomic E-state index is 11.6. The van der Waals surface area contributed by atoms with Crippen molar-refractivity contribution in [2.75, 3.05) is 11.5 Å². The van der Waals surface area contributed by atoms with Gasteiger partial charge in [0, 0.05) is 0 Å². The number of hydrogen-bond acceptors (Lipinski definition) is 3. The Morgan fingerprint density at radius 2 is 2.27 bits per heavy atom. The molecule has 0 unspecified atom stereocenters. The van der Waals surface area contributed by atoms with Gasteiger partial charge in [-0.05, 0) is 30.2 Å². The second-order valence-electron chi connectivity index (χ2n) is 3.76. The van der Waals surface area contributed by atoms with E-state index in [-0.39, 0.29) is 5.78 Å². The predicted octanol–water partition coefficient (Wildman–Crippen LogP) is 4.36. The number of rotatable bonds is 6. The molecule has 0 fully saturated rings. The van der Waals surface area contributed by atoms with Crippen molar-refractivity contribution in [3.8, 4) is 0 Å². The highest BCUT2D eigenvalue weighted by Crippen LogP contribution is 2.23. The summed E-state index contributed by atoms with van der Waals surface area (Å²) >= 11 is 8.84. The van der Waals surface area contributed by atoms with Crippen LogP contribution in [0.5, 0.6) is 0 Å². The number of thiophene rings is 1. The van der Waals surface area contributed by atoms with Crippen molar-refractivity contribution in [1.82, 2.24) is 0 Å². The van der Waals surface area contributed by atoms with E-state index in [0.717, 1.165) is 10.6 Å². The van der Waals surface area contributed by atoms with Gasteiger partial charge in [0.2, 0.25) is 0 Å². The van der Waals surface area contributed by atoms with Crippen molar-refractivity contribution in [3.63, 3.8) is 0 Å². The van der Waals surface area contributed by atoms with E-state index in [4.69, 9.17) is 11.6 Å². The maximum absolute atomic E-state index is 11.6. The van der Waals surface area contributed by atoms with E-state index >= 15 is 0 Å². The average molecular weight is 263 g/mol. The molecule has 0 aliphatic rings. The summed E-state index contributed by atoms with van der Waals surface area (Å²) in [7, 11) is 0. The summed E-state index contributed by atoms with van der Waals surface area (Å²) in [6, 6.07) is 3.58. The minimum absolute atomic E-state index is 0.195. The van der Waals surface area contributed by atoms with Gasteiger partial charge >= 0.3 is 0 Å². The van der Waals surface area contributed by atoms with E-state index in [1.807, 2.05) is 0 Å². The number of Topliss-reactive ketones (excluding diaryl/α,β-unsaturated/α-hetero) is 1. The Kier molecular flexibility index (Phi) is 5.72. The monoisotopic (exact) mass is 262 g/mol. The van der Waals surface area contributed by atoms with Crippen molar-refractivity contribution in [3.05, 3.63) is 21.3 Å². The zero-order valence-corrected chi connectivity index (χ0v) is 11.3. The lowest BCUT2D eigenvalue weighted by molar-refractivity contribution is 0.102. The van der Waals surface area contributed by atoms with Gasteiger partial charge in [0.1, 0.15) is 0 Å². The van der Waals surface area contributed by atoms with Gasteiger partial charge < -0.3 is 0 Å². The quantitative estimate of drug-likeness (QED) is 0.560. The van der Waals surface area contributed by atoms with Crippen LogP contribution >= 0.6 is 34.7 Å². The topological polar surface area (TPSA) is 17.1 Å². The van der Waals surface area contributed by atoms with Crippen LogP contribution < -0.4 is 0 Å². The Hall–Kier alpha value is 0.01000. The highest BCUT2D eigenvalue weighted by atomic mass is 35.5. The average Bonchev–Trinajstić information content (AvgIpc) is 2.59. The van der Waals surface area contributed by atoms with E-state index in [1.54, 1.807) is 23.9 Å². The molecule has 0 N–H and O–H groups in total. The van der Waals surface area contributed by atoms with Crippen LogP contribution in [-0.2, 0) is 0 Å². The molecule has 0 aliphatic carbocycles. The Balaban J connectivity index is 2.25. The van der Waals surface area contributed by atoms with Crippen molar-refractivity contribution in [2.45, 2.75) is 20.3 Å². The molecule has 0 saturated heterocycles. The van der Waals surface area contributed by atoms with Crippen molar-refractivity contribution in [1.29, 1.82) is 0 Å². The van der Waals surface area contributed by atoms with Crippen molar-refractivity contribution >= 4 is 40.5 Å². The number of carbonyl (C=O) groups excluding carboxylic acids is 1. The van der Waals surface area contributed by atoms with Gasteiger partial charge in [-0.3, -0.25) is 4.79 Å². The Morgan fingerprint density at radius 3 is 2.80 bits per heavy atom. The number of hydrogen-bond donors (Lipinski definition) is 0. The maximum Gasteiger partial charge on any atom is 0.182 e. The molecule has 15 heavy (non-hydrogen) atoms. The largest absolute Gasteiger partial charge is 0.292 e. The molecule has 0 amide bonds. The summed E-state index contributed by atoms with van der Waals surface area (Å²) in [6.45, 7) is 4.39. The summed E-state index contributed by atoms with van der Waals surface area (Å²) in [6.07, 6.45) is 1.17. The summed E-state index contributed by atoms with van der Waals surface area (Å²) in [4.78, 5) is 12.4. The molecule has 1 aromatic rings. The molecule has 84 valence electrons. The third-order valence-electron chi connectivity index (χ3n) is 1.92. The second-order valence-corrected chi connectivity index (χ2v) is 6.58. The fourth-order valence-corrected chi connectivity index (χ4v) is 3.21. The van der Waals surface area contributed by atoms with Gasteiger partial charge in [0.25, 0.3) is 0 Å². The van der Waals surface area contributed by atoms with E-state index in [9.17, 15) is 4.79 Å². The third-order valence-corrected chi connectivity index (χ3v) is 4.18. The van der Waals surface area contributed by atoms with E-state index in [1.165, 1.54) is 17.8 Å². The smallest absolute Gasteiger partial charge is 0.182 e. The third kappa shape index (κ3) is 5.05. The van der Waals surface area contributed by atoms with Crippen molar-refractivity contribution < 1.29 is 4.79 Å². The van der Waals surface area contributed by atoms with Crippen LogP contribution in [0.1, 0.15) is 29.9 Å². The van der Waals surface area contributed by atoms with Crippen LogP contribution in [0.15, 0.2) is 12.1 Å². The first-order chi connectivity index (χ1) is 7.09. The summed E-state index contributed by atoms with van der Waals surface area (Å²) in [5, 5.41) is 0. The number of ketones is 1. The predicted molar refractivity (Wildman–Crippen MR) is 70.4 cm³/mol. The molecule has 0 saturated carbocycles. The molecule has 1 heterocycles. The molecule has 1 nitrogen and oxygen atoms in total. The molecular weight excluding hydrogens is 248 g/mol. The van der Waals surface area contributed by atoms with Crippen molar-refractivity contribution in [2.24, 2.45) is 5.92 Å². The molecule has 0 aromatic carbocycles. The zero-order valence-electron chi connectivity index (χ0n) is 8.96. The molecular formula is C11H15ClOS2. The number of thioether (sulfide) groups is 1. The van der Waals surface area contributed by atoms with Crippen LogP contribution in [0.4, 0.5) is 0 Å². The first-order valence-electron chi connectivity index (χ1n) is 4.96. The van der Waals surface area contributed by atoms with Gasteiger partial charge in [-0.15, -0.1) is 11.3 Å². The number of carbonyl (C=O) groups is 1. The van der Waals surface area contributed by atoms with E-state index < -0.39 is 0 Å². The lowest BCUT2D eigenvalue weighted by Crippen LogP contribution is -2.01. The van der Waals surface area contributed by atoms with Gasteiger partial charge in [0.05, 0.1) is 15.0 Å². The van der Waals surface area contributed by atoms with Crippen LogP contribution in [0, 0.1) is 5.92 Å². The standard InChI is InChI=1S/C11H15ClOS2/c1-8(2)5-6-14-7-9(13)10-3-4-11(12)15-10/h3-4,8H,5-7H2,1-2H3. The minimum Gasteiger partial charge on any atom is -0.292 e. The van der Waals surface area contributed by atoms with Gasteiger partial charge in [0.15, 0.2) is 5.78 Å². The normalized spacial score (nSPS) is 10.9. The van der Waals surface area contributed by atoms with Crippen LogP contribution in [-0.4, -0.2) is 17.3 Å². The fraction of sp³-hybridized carbons (Fsp3) is 0.545. The second kappa shape index (κ2) is 6.56. The fourth-order valence-electron chi connectivity index (χ4n) is 1.02. The Bertz CT molecular complexity index is 320. The highest BCUT2D eigenvalue weighted by molar-refractivity contribution is 7.99. The molecule has 0 atom stereocenters.